The summed E-state index contributed by atoms with van der Waals surface area (Å²) in [6, 6.07) is 15.8. The summed E-state index contributed by atoms with van der Waals surface area (Å²) in [4.78, 5) is 60.9. The predicted octanol–water partition coefficient (Wildman–Crippen LogP) is 6.25. The lowest BCUT2D eigenvalue weighted by Gasteiger charge is -2.21. The number of nitro benzene ring substituents is 2. The van der Waals surface area contributed by atoms with Gasteiger partial charge in [-0.3, -0.25) is 34.6 Å². The summed E-state index contributed by atoms with van der Waals surface area (Å²) < 4.78 is 16.9. The number of aromatic hydroxyl groups is 1. The van der Waals surface area contributed by atoms with E-state index >= 15 is 0 Å². The minimum absolute atomic E-state index is 0.0425. The van der Waals surface area contributed by atoms with Crippen LogP contribution in [0, 0.1) is 20.2 Å². The minimum Gasteiger partial charge on any atom is -0.506 e. The van der Waals surface area contributed by atoms with Crippen LogP contribution in [0.15, 0.2) is 75.9 Å². The van der Waals surface area contributed by atoms with Crippen molar-refractivity contribution in [2.45, 2.75) is 12.8 Å². The van der Waals surface area contributed by atoms with E-state index in [-0.39, 0.29) is 83.6 Å². The molecule has 0 saturated carbocycles. The standard InChI is InChI=1S/C36H32Cl2N4O11/c1-40(20-34(45)39-10-12-52-14-13-51-11-4-5-21-8-9-22(41(47)48)15-29(21)42(49)50)36(46)24-7-3-2-6-23(24)35-25-16-27(37)30(43)18-32(25)53-33-19-31(44)28(38)17-26(33)35/h2-3,6-9,15-19,43H,4-5,10-14,20H2,1H3,(H,39,45). The van der Waals surface area contributed by atoms with Crippen LogP contribution in [0.1, 0.15) is 22.3 Å². The van der Waals surface area contributed by atoms with Crippen molar-refractivity contribution in [2.24, 2.45) is 0 Å². The van der Waals surface area contributed by atoms with Crippen LogP contribution in [0.5, 0.6) is 5.75 Å². The van der Waals surface area contributed by atoms with E-state index in [0.29, 0.717) is 40.5 Å². The number of amides is 2. The number of nitrogens with one attached hydrogen (secondary N) is 1. The quantitative estimate of drug-likeness (QED) is 0.0497. The van der Waals surface area contributed by atoms with E-state index in [9.17, 15) is 39.7 Å². The number of benzene rings is 4. The lowest BCUT2D eigenvalue weighted by atomic mass is 9.90. The van der Waals surface area contributed by atoms with Gasteiger partial charge in [-0.05, 0) is 42.7 Å². The fraction of sp³-hybridized carbons (Fsp3) is 0.250. The van der Waals surface area contributed by atoms with Crippen molar-refractivity contribution in [1.82, 2.24) is 10.2 Å². The fourth-order valence-corrected chi connectivity index (χ4v) is 5.95. The molecule has 0 unspecified atom stereocenters. The molecule has 15 nitrogen and oxygen atoms in total. The Morgan fingerprint density at radius 2 is 1.64 bits per heavy atom. The highest BCUT2D eigenvalue weighted by atomic mass is 35.5. The molecule has 53 heavy (non-hydrogen) atoms. The van der Waals surface area contributed by atoms with Crippen LogP contribution in [-0.4, -0.2) is 78.2 Å². The summed E-state index contributed by atoms with van der Waals surface area (Å²) in [5.74, 6) is -0.945. The van der Waals surface area contributed by atoms with Crippen molar-refractivity contribution >= 4 is 57.4 Å². The van der Waals surface area contributed by atoms with Gasteiger partial charge in [-0.1, -0.05) is 41.4 Å². The Kier molecular flexibility index (Phi) is 12.6. The first kappa shape index (κ1) is 38.6. The molecule has 2 aliphatic rings. The largest absolute Gasteiger partial charge is 0.506 e. The first-order valence-corrected chi connectivity index (χ1v) is 16.9. The van der Waals surface area contributed by atoms with Crippen molar-refractivity contribution in [3.63, 3.8) is 0 Å². The third-order valence-corrected chi connectivity index (χ3v) is 8.75. The first-order chi connectivity index (χ1) is 25.3. The molecule has 3 aromatic carbocycles. The van der Waals surface area contributed by atoms with Crippen LogP contribution in [-0.2, 0) is 20.7 Å². The SMILES string of the molecule is CN(CC(=O)NCCOCCOCCCc1ccc([N+](=O)[O-])cc1[N+](=O)[O-])C(=O)c1ccccc1-c1c2cc(Cl)c(=O)cc-2oc2cc(O)c(Cl)cc12. The summed E-state index contributed by atoms with van der Waals surface area (Å²) in [7, 11) is 1.48. The number of likely N-dealkylation sites (N-methyl/N-ethyl adjacent to an activating group) is 1. The molecule has 1 aliphatic carbocycles. The number of fused-ring (bicyclic) bond motifs is 2. The summed E-state index contributed by atoms with van der Waals surface area (Å²) in [5, 5.41) is 35.6. The van der Waals surface area contributed by atoms with Gasteiger partial charge in [0.05, 0.1) is 52.3 Å². The van der Waals surface area contributed by atoms with Gasteiger partial charge in [0, 0.05) is 66.0 Å². The van der Waals surface area contributed by atoms with E-state index in [1.807, 2.05) is 0 Å². The number of hydrogen-bond acceptors (Lipinski definition) is 11. The van der Waals surface area contributed by atoms with Crippen molar-refractivity contribution < 1.29 is 38.4 Å². The van der Waals surface area contributed by atoms with Gasteiger partial charge in [0.2, 0.25) is 11.3 Å². The number of nitro groups is 2. The predicted molar refractivity (Wildman–Crippen MR) is 196 cm³/mol. The Bertz CT molecular complexity index is 2230. The van der Waals surface area contributed by atoms with Crippen molar-refractivity contribution in [2.75, 3.05) is 46.6 Å². The molecule has 5 rings (SSSR count). The number of nitrogens with zero attached hydrogens (tertiary/aromatic N) is 3. The highest BCUT2D eigenvalue weighted by Gasteiger charge is 2.25. The van der Waals surface area contributed by atoms with Gasteiger partial charge in [-0.2, -0.15) is 0 Å². The monoisotopic (exact) mass is 766 g/mol. The zero-order valence-electron chi connectivity index (χ0n) is 28.1. The molecule has 17 heteroatoms. The molecule has 2 amide bonds. The number of phenols is 1. The normalized spacial score (nSPS) is 11.2. The molecular formula is C36H32Cl2N4O11. The second-order valence-corrected chi connectivity index (χ2v) is 12.6. The summed E-state index contributed by atoms with van der Waals surface area (Å²) in [5.41, 5.74) is 1.09. The summed E-state index contributed by atoms with van der Waals surface area (Å²) >= 11 is 12.5. The molecule has 0 atom stereocenters. The van der Waals surface area contributed by atoms with Crippen molar-refractivity contribution in [3.8, 4) is 28.2 Å². The van der Waals surface area contributed by atoms with E-state index in [1.165, 1.54) is 48.3 Å². The maximum Gasteiger partial charge on any atom is 0.279 e. The van der Waals surface area contributed by atoms with Crippen LogP contribution in [0.2, 0.25) is 10.0 Å². The molecule has 3 aromatic rings. The van der Waals surface area contributed by atoms with Crippen LogP contribution >= 0.6 is 23.2 Å². The topological polar surface area (TPSA) is 205 Å². The van der Waals surface area contributed by atoms with Gasteiger partial charge < -0.3 is 29.2 Å². The molecular weight excluding hydrogens is 735 g/mol. The Hall–Kier alpha value is -5.61. The molecule has 0 fully saturated rings. The molecule has 0 radical (unpaired) electrons. The molecule has 0 spiro atoms. The van der Waals surface area contributed by atoms with Crippen LogP contribution < -0.4 is 10.7 Å². The number of phenolic OH excluding ortho intramolecular Hbond substituents is 1. The number of ether oxygens (including phenoxy) is 2. The number of carbonyl (C=O) groups excluding carboxylic acids is 2. The zero-order valence-corrected chi connectivity index (χ0v) is 29.6. The van der Waals surface area contributed by atoms with E-state index in [4.69, 9.17) is 37.1 Å². The Morgan fingerprint density at radius 1 is 0.906 bits per heavy atom. The maximum atomic E-state index is 13.8. The fourth-order valence-electron chi connectivity index (χ4n) is 5.62. The van der Waals surface area contributed by atoms with Crippen LogP contribution in [0.3, 0.4) is 0 Å². The lowest BCUT2D eigenvalue weighted by molar-refractivity contribution is -0.394. The minimum atomic E-state index is -0.685. The summed E-state index contributed by atoms with van der Waals surface area (Å²) in [6.07, 6.45) is 0.758. The van der Waals surface area contributed by atoms with Gasteiger partial charge in [-0.15, -0.1) is 0 Å². The lowest BCUT2D eigenvalue weighted by Crippen LogP contribution is -2.39. The van der Waals surface area contributed by atoms with Gasteiger partial charge >= 0.3 is 0 Å². The van der Waals surface area contributed by atoms with E-state index in [1.54, 1.807) is 24.3 Å². The first-order valence-electron chi connectivity index (χ1n) is 16.1. The second kappa shape index (κ2) is 17.3. The van der Waals surface area contributed by atoms with Crippen LogP contribution in [0.4, 0.5) is 11.4 Å². The van der Waals surface area contributed by atoms with Gasteiger partial charge in [-0.25, -0.2) is 0 Å². The number of carbonyl (C=O) groups is 2. The molecule has 1 heterocycles. The number of halogens is 2. The number of aryl methyl sites for hydroxylation is 1. The number of non-ortho nitro benzene ring substituents is 1. The third kappa shape index (κ3) is 9.25. The van der Waals surface area contributed by atoms with E-state index < -0.39 is 27.1 Å². The van der Waals surface area contributed by atoms with Gasteiger partial charge in [0.15, 0.2) is 0 Å². The van der Waals surface area contributed by atoms with Crippen LogP contribution in [0.25, 0.3) is 33.4 Å². The molecule has 1 aliphatic heterocycles. The smallest absolute Gasteiger partial charge is 0.279 e. The van der Waals surface area contributed by atoms with E-state index in [0.717, 1.165) is 6.07 Å². The molecule has 276 valence electrons. The maximum absolute atomic E-state index is 13.8. The highest BCUT2D eigenvalue weighted by Crippen LogP contribution is 2.44. The average molecular weight is 768 g/mol. The molecule has 0 saturated heterocycles. The Labute approximate surface area is 311 Å². The summed E-state index contributed by atoms with van der Waals surface area (Å²) in [6.45, 7) is 0.837. The third-order valence-electron chi connectivity index (χ3n) is 8.15. The Morgan fingerprint density at radius 3 is 2.38 bits per heavy atom. The molecule has 0 bridgehead atoms. The van der Waals surface area contributed by atoms with E-state index in [2.05, 4.69) is 5.32 Å². The number of rotatable bonds is 16. The van der Waals surface area contributed by atoms with Crippen molar-refractivity contribution in [1.29, 1.82) is 0 Å². The zero-order chi connectivity index (χ0) is 38.2. The molecule has 2 N–H and O–H groups in total. The molecule has 0 aromatic heterocycles. The average Bonchev–Trinajstić information content (AvgIpc) is 3.12. The number of hydrogen-bond donors (Lipinski definition) is 2. The Balaban J connectivity index is 1.12. The van der Waals surface area contributed by atoms with Crippen molar-refractivity contribution in [3.05, 3.63) is 118 Å². The highest BCUT2D eigenvalue weighted by molar-refractivity contribution is 6.33. The van der Waals surface area contributed by atoms with Gasteiger partial charge in [0.25, 0.3) is 17.3 Å². The second-order valence-electron chi connectivity index (χ2n) is 11.8. The van der Waals surface area contributed by atoms with Gasteiger partial charge in [0.1, 0.15) is 17.1 Å².